The van der Waals surface area contributed by atoms with E-state index in [0.717, 1.165) is 30.9 Å². The van der Waals surface area contributed by atoms with Crippen molar-refractivity contribution in [1.29, 1.82) is 0 Å². The molecule has 1 fully saturated rings. The molecule has 2 aliphatic heterocycles. The average molecular weight is 451 g/mol. The summed E-state index contributed by atoms with van der Waals surface area (Å²) in [5.41, 5.74) is 1.29. The number of ketones is 1. The first kappa shape index (κ1) is 22.9. The van der Waals surface area contributed by atoms with Crippen molar-refractivity contribution in [2.75, 3.05) is 39.3 Å². The number of allylic oxidation sites excluding steroid dienone is 1. The van der Waals surface area contributed by atoms with Crippen LogP contribution < -0.4 is 14.2 Å². The molecule has 2 aromatic carbocycles. The van der Waals surface area contributed by atoms with Crippen LogP contribution in [0.4, 0.5) is 4.79 Å². The Balaban J connectivity index is 1.37. The minimum atomic E-state index is -0.428. The standard InChI is InChI=1S/C26H30N2O5/c1-3-28(4-2)26(30)32-21-11-12-22-23(18-21)33-24(25(22)29)17-19-7-9-20(10-8-19)31-16-15-27-13-5-6-14-27/h7-12,17-18H,3-6,13-16H2,1-2H3/b24-17-. The van der Waals surface area contributed by atoms with Gasteiger partial charge in [-0.15, -0.1) is 0 Å². The van der Waals surface area contributed by atoms with Gasteiger partial charge in [0.2, 0.25) is 5.78 Å². The van der Waals surface area contributed by atoms with E-state index in [9.17, 15) is 9.59 Å². The first-order chi connectivity index (χ1) is 16.1. The third-order valence-electron chi connectivity index (χ3n) is 5.92. The normalized spacial score (nSPS) is 16.5. The molecule has 0 atom stereocenters. The molecule has 0 saturated carbocycles. The van der Waals surface area contributed by atoms with Crippen LogP contribution in [-0.4, -0.2) is 61.0 Å². The van der Waals surface area contributed by atoms with Gasteiger partial charge in [0, 0.05) is 25.7 Å². The molecule has 2 aliphatic rings. The second-order valence-corrected chi connectivity index (χ2v) is 8.10. The largest absolute Gasteiger partial charge is 0.492 e. The summed E-state index contributed by atoms with van der Waals surface area (Å²) in [7, 11) is 0. The lowest BCUT2D eigenvalue weighted by molar-refractivity contribution is 0.101. The number of benzene rings is 2. The van der Waals surface area contributed by atoms with E-state index in [1.807, 2.05) is 38.1 Å². The van der Waals surface area contributed by atoms with E-state index in [1.54, 1.807) is 29.2 Å². The van der Waals surface area contributed by atoms with Crippen LogP contribution in [0, 0.1) is 0 Å². The van der Waals surface area contributed by atoms with Crippen LogP contribution in [0.2, 0.25) is 0 Å². The second kappa shape index (κ2) is 10.5. The van der Waals surface area contributed by atoms with Gasteiger partial charge in [-0.05, 0) is 75.7 Å². The van der Waals surface area contributed by atoms with Gasteiger partial charge < -0.3 is 19.1 Å². The molecule has 0 aromatic heterocycles. The Kier molecular flexibility index (Phi) is 7.29. The van der Waals surface area contributed by atoms with Gasteiger partial charge in [-0.3, -0.25) is 9.69 Å². The fraction of sp³-hybridized carbons (Fsp3) is 0.385. The molecule has 1 amide bonds. The molecule has 174 valence electrons. The van der Waals surface area contributed by atoms with Gasteiger partial charge in [0.25, 0.3) is 0 Å². The lowest BCUT2D eigenvalue weighted by atomic mass is 10.1. The highest BCUT2D eigenvalue weighted by Gasteiger charge is 2.28. The average Bonchev–Trinajstić information content (AvgIpc) is 3.44. The summed E-state index contributed by atoms with van der Waals surface area (Å²) in [6.07, 6.45) is 3.83. The Morgan fingerprint density at radius 1 is 1.06 bits per heavy atom. The van der Waals surface area contributed by atoms with E-state index in [2.05, 4.69) is 4.90 Å². The topological polar surface area (TPSA) is 68.3 Å². The maximum Gasteiger partial charge on any atom is 0.415 e. The summed E-state index contributed by atoms with van der Waals surface area (Å²) >= 11 is 0. The number of hydrogen-bond acceptors (Lipinski definition) is 6. The Hall–Kier alpha value is -3.32. The predicted octanol–water partition coefficient (Wildman–Crippen LogP) is 4.62. The zero-order chi connectivity index (χ0) is 23.2. The number of hydrogen-bond donors (Lipinski definition) is 0. The van der Waals surface area contributed by atoms with Crippen molar-refractivity contribution in [2.24, 2.45) is 0 Å². The minimum Gasteiger partial charge on any atom is -0.492 e. The molecule has 0 unspecified atom stereocenters. The highest BCUT2D eigenvalue weighted by molar-refractivity contribution is 6.14. The molecule has 0 N–H and O–H groups in total. The molecule has 7 nitrogen and oxygen atoms in total. The van der Waals surface area contributed by atoms with Crippen molar-refractivity contribution in [3.05, 3.63) is 59.4 Å². The maximum absolute atomic E-state index is 12.7. The maximum atomic E-state index is 12.7. The lowest BCUT2D eigenvalue weighted by Gasteiger charge is -2.17. The number of rotatable bonds is 8. The van der Waals surface area contributed by atoms with Crippen LogP contribution in [-0.2, 0) is 0 Å². The van der Waals surface area contributed by atoms with Crippen molar-refractivity contribution in [3.8, 4) is 17.2 Å². The first-order valence-electron chi connectivity index (χ1n) is 11.6. The molecular weight excluding hydrogens is 420 g/mol. The Morgan fingerprint density at radius 3 is 2.45 bits per heavy atom. The van der Waals surface area contributed by atoms with E-state index in [0.29, 0.717) is 36.8 Å². The third kappa shape index (κ3) is 5.54. The van der Waals surface area contributed by atoms with E-state index in [-0.39, 0.29) is 11.5 Å². The summed E-state index contributed by atoms with van der Waals surface area (Å²) in [5, 5.41) is 0. The van der Waals surface area contributed by atoms with Gasteiger partial charge in [-0.1, -0.05) is 12.1 Å². The zero-order valence-electron chi connectivity index (χ0n) is 19.2. The van der Waals surface area contributed by atoms with Gasteiger partial charge in [0.15, 0.2) is 5.76 Å². The summed E-state index contributed by atoms with van der Waals surface area (Å²) < 4.78 is 17.0. The fourth-order valence-corrected chi connectivity index (χ4v) is 3.99. The lowest BCUT2D eigenvalue weighted by Crippen LogP contribution is -2.33. The second-order valence-electron chi connectivity index (χ2n) is 8.10. The van der Waals surface area contributed by atoms with E-state index < -0.39 is 6.09 Å². The van der Waals surface area contributed by atoms with Gasteiger partial charge in [0.05, 0.1) is 5.56 Å². The quantitative estimate of drug-likeness (QED) is 0.547. The third-order valence-corrected chi connectivity index (χ3v) is 5.92. The zero-order valence-corrected chi connectivity index (χ0v) is 19.2. The van der Waals surface area contributed by atoms with Crippen LogP contribution in [0.25, 0.3) is 6.08 Å². The van der Waals surface area contributed by atoms with Crippen LogP contribution in [0.1, 0.15) is 42.6 Å². The number of carbonyl (C=O) groups is 2. The fourth-order valence-electron chi connectivity index (χ4n) is 3.99. The molecule has 0 bridgehead atoms. The predicted molar refractivity (Wildman–Crippen MR) is 126 cm³/mol. The van der Waals surface area contributed by atoms with E-state index >= 15 is 0 Å². The number of nitrogens with zero attached hydrogens (tertiary/aromatic N) is 2. The van der Waals surface area contributed by atoms with Crippen molar-refractivity contribution in [2.45, 2.75) is 26.7 Å². The number of Topliss-reactive ketones (excluding diaryl/α,β-unsaturated/α-hetero) is 1. The molecule has 0 radical (unpaired) electrons. The summed E-state index contributed by atoms with van der Waals surface area (Å²) in [6.45, 7) is 8.82. The Bertz CT molecular complexity index is 1020. The number of amides is 1. The van der Waals surface area contributed by atoms with Gasteiger partial charge in [-0.2, -0.15) is 0 Å². The highest BCUT2D eigenvalue weighted by atomic mass is 16.6. The molecule has 2 aromatic rings. The SMILES string of the molecule is CCN(CC)C(=O)Oc1ccc2c(c1)O/C(=C\c1ccc(OCCN3CCCC3)cc1)C2=O. The van der Waals surface area contributed by atoms with E-state index in [1.165, 1.54) is 12.8 Å². The molecule has 7 heteroatoms. The molecule has 4 rings (SSSR count). The van der Waals surface area contributed by atoms with Crippen molar-refractivity contribution >= 4 is 18.0 Å². The van der Waals surface area contributed by atoms with Crippen molar-refractivity contribution in [1.82, 2.24) is 9.80 Å². The monoisotopic (exact) mass is 450 g/mol. The smallest absolute Gasteiger partial charge is 0.415 e. The van der Waals surface area contributed by atoms with Crippen LogP contribution in [0.3, 0.4) is 0 Å². The molecular formula is C26H30N2O5. The van der Waals surface area contributed by atoms with Gasteiger partial charge in [0.1, 0.15) is 23.9 Å². The number of likely N-dealkylation sites (tertiary alicyclic amines) is 1. The van der Waals surface area contributed by atoms with Crippen molar-refractivity contribution < 1.29 is 23.8 Å². The molecule has 0 spiro atoms. The Morgan fingerprint density at radius 2 is 1.76 bits per heavy atom. The van der Waals surface area contributed by atoms with E-state index in [4.69, 9.17) is 14.2 Å². The van der Waals surface area contributed by atoms with Crippen LogP contribution in [0.15, 0.2) is 48.2 Å². The summed E-state index contributed by atoms with van der Waals surface area (Å²) in [5.74, 6) is 1.57. The Labute approximate surface area is 194 Å². The first-order valence-corrected chi connectivity index (χ1v) is 11.6. The molecule has 2 heterocycles. The molecule has 33 heavy (non-hydrogen) atoms. The number of fused-ring (bicyclic) bond motifs is 1. The van der Waals surface area contributed by atoms with Crippen LogP contribution in [0.5, 0.6) is 17.2 Å². The van der Waals surface area contributed by atoms with Gasteiger partial charge in [-0.25, -0.2) is 4.79 Å². The van der Waals surface area contributed by atoms with Gasteiger partial charge >= 0.3 is 6.09 Å². The highest BCUT2D eigenvalue weighted by Crippen LogP contribution is 2.35. The van der Waals surface area contributed by atoms with Crippen molar-refractivity contribution in [3.63, 3.8) is 0 Å². The summed E-state index contributed by atoms with van der Waals surface area (Å²) in [6, 6.07) is 12.4. The molecule has 1 saturated heterocycles. The molecule has 0 aliphatic carbocycles. The summed E-state index contributed by atoms with van der Waals surface area (Å²) in [4.78, 5) is 28.9. The minimum absolute atomic E-state index is 0.197. The number of carbonyl (C=O) groups excluding carboxylic acids is 2. The number of ether oxygens (including phenoxy) is 3. The van der Waals surface area contributed by atoms with Crippen LogP contribution >= 0.6 is 0 Å².